The molecule has 0 bridgehead atoms. The van der Waals surface area contributed by atoms with Gasteiger partial charge >= 0.3 is 5.97 Å². The quantitative estimate of drug-likeness (QED) is 0.174. The minimum atomic E-state index is -0.530. The van der Waals surface area contributed by atoms with E-state index in [0.717, 1.165) is 32.1 Å². The van der Waals surface area contributed by atoms with Crippen LogP contribution in [-0.2, 0) is 19.0 Å². The predicted molar refractivity (Wildman–Crippen MR) is 113 cm³/mol. The van der Waals surface area contributed by atoms with Gasteiger partial charge in [-0.25, -0.2) is 0 Å². The number of hydrogen-bond donors (Lipinski definition) is 0. The molecule has 0 radical (unpaired) electrons. The number of unbranched alkanes of at least 4 members (excludes halogenated alkanes) is 9. The van der Waals surface area contributed by atoms with E-state index in [1.807, 2.05) is 0 Å². The molecule has 0 spiro atoms. The van der Waals surface area contributed by atoms with Crippen molar-refractivity contribution in [1.29, 1.82) is 0 Å². The number of carbonyl (C=O) groups excluding carboxylic acids is 1. The van der Waals surface area contributed by atoms with E-state index in [1.54, 1.807) is 0 Å². The summed E-state index contributed by atoms with van der Waals surface area (Å²) in [5.41, 5.74) is 0. The number of rotatable bonds is 16. The third kappa shape index (κ3) is 7.87. The fourth-order valence-corrected chi connectivity index (χ4v) is 4.23. The first-order valence-corrected chi connectivity index (χ1v) is 11.8. The van der Waals surface area contributed by atoms with Crippen LogP contribution in [0.15, 0.2) is 12.2 Å². The number of esters is 1. The smallest absolute Gasteiger partial charge is 0.313 e. The Labute approximate surface area is 172 Å². The van der Waals surface area contributed by atoms with Gasteiger partial charge in [-0.1, -0.05) is 83.8 Å². The maximum absolute atomic E-state index is 11.9. The highest BCUT2D eigenvalue weighted by atomic mass is 16.7. The molecule has 0 aliphatic carbocycles. The molecule has 0 aromatic rings. The topological polar surface area (TPSA) is 44.8 Å². The van der Waals surface area contributed by atoms with Crippen LogP contribution in [0.25, 0.3) is 0 Å². The molecule has 2 heterocycles. The van der Waals surface area contributed by atoms with Crippen molar-refractivity contribution >= 4 is 5.97 Å². The summed E-state index contributed by atoms with van der Waals surface area (Å²) in [5, 5.41) is 0. The highest BCUT2D eigenvalue weighted by Gasteiger charge is 2.48. The average molecular weight is 395 g/mol. The third-order valence-electron chi connectivity index (χ3n) is 6.02. The Morgan fingerprint density at radius 1 is 0.893 bits per heavy atom. The van der Waals surface area contributed by atoms with Crippen molar-refractivity contribution < 1.29 is 19.0 Å². The molecule has 0 N–H and O–H groups in total. The largest absolute Gasteiger partial charge is 0.461 e. The second-order valence-electron chi connectivity index (χ2n) is 8.47. The minimum Gasteiger partial charge on any atom is -0.461 e. The second-order valence-corrected chi connectivity index (χ2v) is 8.47. The maximum Gasteiger partial charge on any atom is 0.313 e. The van der Waals surface area contributed by atoms with Crippen molar-refractivity contribution in [3.63, 3.8) is 0 Å². The summed E-state index contributed by atoms with van der Waals surface area (Å²) in [7, 11) is 0. The van der Waals surface area contributed by atoms with Crippen molar-refractivity contribution in [3.8, 4) is 0 Å². The fraction of sp³-hybridized carbons (Fsp3) is 0.875. The van der Waals surface area contributed by atoms with E-state index in [9.17, 15) is 4.79 Å². The first-order valence-electron chi connectivity index (χ1n) is 11.8. The molecule has 2 rings (SSSR count). The Balaban J connectivity index is 1.66. The summed E-state index contributed by atoms with van der Waals surface area (Å²) < 4.78 is 17.5. The van der Waals surface area contributed by atoms with Gasteiger partial charge in [0.15, 0.2) is 5.79 Å². The molecule has 4 heteroatoms. The van der Waals surface area contributed by atoms with Gasteiger partial charge in [0, 0.05) is 12.8 Å². The van der Waals surface area contributed by atoms with Crippen molar-refractivity contribution in [3.05, 3.63) is 12.2 Å². The maximum atomic E-state index is 11.9. The van der Waals surface area contributed by atoms with Gasteiger partial charge < -0.3 is 14.2 Å². The monoisotopic (exact) mass is 394 g/mol. The van der Waals surface area contributed by atoms with Gasteiger partial charge in [-0.3, -0.25) is 4.79 Å². The van der Waals surface area contributed by atoms with Crippen LogP contribution in [0.2, 0.25) is 0 Å². The van der Waals surface area contributed by atoms with E-state index < -0.39 is 5.79 Å². The Bertz CT molecular complexity index is 454. The van der Waals surface area contributed by atoms with E-state index in [2.05, 4.69) is 26.0 Å². The molecule has 0 unspecified atom stereocenters. The lowest BCUT2D eigenvalue weighted by atomic mass is 9.86. The van der Waals surface area contributed by atoms with Crippen LogP contribution < -0.4 is 0 Å². The first-order chi connectivity index (χ1) is 13.7. The molecule has 28 heavy (non-hydrogen) atoms. The van der Waals surface area contributed by atoms with Crippen molar-refractivity contribution in [2.24, 2.45) is 5.92 Å². The number of cyclic esters (lactones) is 1. The summed E-state index contributed by atoms with van der Waals surface area (Å²) >= 11 is 0. The lowest BCUT2D eigenvalue weighted by Gasteiger charge is -2.39. The number of ether oxygens (including phenoxy) is 3. The molecule has 2 saturated heterocycles. The van der Waals surface area contributed by atoms with Crippen molar-refractivity contribution in [2.75, 3.05) is 13.2 Å². The van der Waals surface area contributed by atoms with Crippen LogP contribution in [0.4, 0.5) is 0 Å². The molecule has 2 fully saturated rings. The molecule has 0 aromatic heterocycles. The molecule has 2 aliphatic rings. The van der Waals surface area contributed by atoms with Crippen LogP contribution in [-0.4, -0.2) is 31.1 Å². The molecule has 2 atom stereocenters. The van der Waals surface area contributed by atoms with Gasteiger partial charge in [0.05, 0.1) is 19.1 Å². The standard InChI is InChI=1S/C24H42O4/c1-3-5-7-9-10-11-12-13-15-17-24(26-18-19-27-24)20-22-21(23(25)28-22)16-14-8-6-4-2/h8,14,21-22H,3-7,9-13,15-20H2,1-2H3/b14-8+/t21-,22-/m0/s1. The Kier molecular flexibility index (Phi) is 11.2. The van der Waals surface area contributed by atoms with Crippen LogP contribution in [0.5, 0.6) is 0 Å². The zero-order valence-electron chi connectivity index (χ0n) is 18.3. The predicted octanol–water partition coefficient (Wildman–Crippen LogP) is 6.33. The van der Waals surface area contributed by atoms with E-state index >= 15 is 0 Å². The molecular formula is C24H42O4. The summed E-state index contributed by atoms with van der Waals surface area (Å²) in [6.07, 6.45) is 20.6. The second kappa shape index (κ2) is 13.4. The van der Waals surface area contributed by atoms with Crippen LogP contribution in [0.1, 0.15) is 104 Å². The summed E-state index contributed by atoms with van der Waals surface area (Å²) in [4.78, 5) is 11.9. The van der Waals surface area contributed by atoms with Crippen LogP contribution in [0.3, 0.4) is 0 Å². The van der Waals surface area contributed by atoms with Crippen LogP contribution in [0, 0.1) is 5.92 Å². The molecule has 0 amide bonds. The lowest BCUT2D eigenvalue weighted by Crippen LogP contribution is -2.50. The Morgan fingerprint density at radius 2 is 1.54 bits per heavy atom. The number of allylic oxidation sites excluding steroid dienone is 2. The lowest BCUT2D eigenvalue weighted by molar-refractivity contribution is -0.219. The normalized spacial score (nSPS) is 23.9. The third-order valence-corrected chi connectivity index (χ3v) is 6.02. The first kappa shape index (κ1) is 23.4. The molecule has 0 saturated carbocycles. The van der Waals surface area contributed by atoms with Crippen molar-refractivity contribution in [1.82, 2.24) is 0 Å². The number of hydrogen-bond acceptors (Lipinski definition) is 4. The molecular weight excluding hydrogens is 352 g/mol. The minimum absolute atomic E-state index is 0.0269. The fourth-order valence-electron chi connectivity index (χ4n) is 4.23. The zero-order chi connectivity index (χ0) is 20.1. The van der Waals surface area contributed by atoms with E-state index in [1.165, 1.54) is 51.4 Å². The molecule has 162 valence electrons. The van der Waals surface area contributed by atoms with Crippen molar-refractivity contribution in [2.45, 2.75) is 116 Å². The van der Waals surface area contributed by atoms with Gasteiger partial charge in [-0.05, 0) is 19.3 Å². The van der Waals surface area contributed by atoms with E-state index in [4.69, 9.17) is 14.2 Å². The number of carbonyl (C=O) groups is 1. The van der Waals surface area contributed by atoms with Gasteiger partial charge in [0.1, 0.15) is 6.10 Å². The van der Waals surface area contributed by atoms with E-state index in [-0.39, 0.29) is 18.0 Å². The average Bonchev–Trinajstić information content (AvgIpc) is 3.15. The Morgan fingerprint density at radius 3 is 2.14 bits per heavy atom. The summed E-state index contributed by atoms with van der Waals surface area (Å²) in [5.74, 6) is -0.624. The highest BCUT2D eigenvalue weighted by molar-refractivity contribution is 5.78. The molecule has 2 aliphatic heterocycles. The molecule has 0 aromatic carbocycles. The van der Waals surface area contributed by atoms with E-state index in [0.29, 0.717) is 19.6 Å². The summed E-state index contributed by atoms with van der Waals surface area (Å²) in [6, 6.07) is 0. The van der Waals surface area contributed by atoms with Gasteiger partial charge in [-0.2, -0.15) is 0 Å². The zero-order valence-corrected chi connectivity index (χ0v) is 18.3. The summed E-state index contributed by atoms with van der Waals surface area (Å²) in [6.45, 7) is 5.73. The van der Waals surface area contributed by atoms with Gasteiger partial charge in [0.2, 0.25) is 0 Å². The highest BCUT2D eigenvalue weighted by Crippen LogP contribution is 2.38. The SMILES string of the molecule is CCC/C=C/C[C@@H]1C(=O)O[C@H]1CC1(CCCCCCCCCCC)OCCO1. The molecule has 4 nitrogen and oxygen atoms in total. The Hall–Kier alpha value is -0.870. The van der Waals surface area contributed by atoms with Gasteiger partial charge in [0.25, 0.3) is 0 Å². The van der Waals surface area contributed by atoms with Crippen LogP contribution >= 0.6 is 0 Å². The van der Waals surface area contributed by atoms with Gasteiger partial charge in [-0.15, -0.1) is 0 Å².